The van der Waals surface area contributed by atoms with Crippen molar-refractivity contribution in [3.05, 3.63) is 0 Å². The Kier molecular flexibility index (Phi) is 3.43. The Balaban J connectivity index is 2.75. The summed E-state index contributed by atoms with van der Waals surface area (Å²) in [6.07, 6.45) is -5.10. The monoisotopic (exact) mass is 206 g/mol. The summed E-state index contributed by atoms with van der Waals surface area (Å²) in [6, 6.07) is 0. The molecular formula is C8H14O6. The Morgan fingerprint density at radius 2 is 1.86 bits per heavy atom. The molecule has 0 bridgehead atoms. The summed E-state index contributed by atoms with van der Waals surface area (Å²) in [7, 11) is 1.15. The number of ether oxygens (including phenoxy) is 2. The van der Waals surface area contributed by atoms with Gasteiger partial charge in [-0.05, 0) is 0 Å². The third kappa shape index (κ3) is 1.88. The molecule has 1 rings (SSSR count). The van der Waals surface area contributed by atoms with E-state index in [4.69, 9.17) is 4.74 Å². The summed E-state index contributed by atoms with van der Waals surface area (Å²) in [6.45, 7) is 1.51. The Bertz CT molecular complexity index is 218. The normalized spacial score (nSPS) is 43.4. The van der Waals surface area contributed by atoms with E-state index in [0.717, 1.165) is 7.11 Å². The highest BCUT2D eigenvalue weighted by molar-refractivity contribution is 5.75. The van der Waals surface area contributed by atoms with E-state index in [2.05, 4.69) is 4.74 Å². The molecule has 6 heteroatoms. The smallest absolute Gasteiger partial charge is 0.337 e. The lowest BCUT2D eigenvalue weighted by Crippen LogP contribution is -2.56. The van der Waals surface area contributed by atoms with Crippen molar-refractivity contribution in [1.29, 1.82) is 0 Å². The van der Waals surface area contributed by atoms with Gasteiger partial charge < -0.3 is 24.8 Å². The van der Waals surface area contributed by atoms with Crippen LogP contribution in [0, 0.1) is 5.92 Å². The fourth-order valence-electron chi connectivity index (χ4n) is 1.36. The molecule has 1 heterocycles. The molecule has 82 valence electrons. The SMILES string of the molecule is COC(=O)C1OC(O)C(O)C(C)C1O. The number of aliphatic hydroxyl groups excluding tert-OH is 3. The predicted molar refractivity (Wildman–Crippen MR) is 44.1 cm³/mol. The van der Waals surface area contributed by atoms with Gasteiger partial charge in [0.15, 0.2) is 12.4 Å². The van der Waals surface area contributed by atoms with Crippen LogP contribution in [0.2, 0.25) is 0 Å². The zero-order valence-corrected chi connectivity index (χ0v) is 7.95. The zero-order valence-electron chi connectivity index (χ0n) is 7.95. The molecule has 0 saturated carbocycles. The molecule has 1 saturated heterocycles. The number of esters is 1. The van der Waals surface area contributed by atoms with Gasteiger partial charge in [-0.1, -0.05) is 6.92 Å². The van der Waals surface area contributed by atoms with Crippen LogP contribution in [0.25, 0.3) is 0 Å². The lowest BCUT2D eigenvalue weighted by atomic mass is 9.91. The highest BCUT2D eigenvalue weighted by atomic mass is 16.7. The molecule has 5 unspecified atom stereocenters. The van der Waals surface area contributed by atoms with E-state index in [0.29, 0.717) is 0 Å². The van der Waals surface area contributed by atoms with Crippen LogP contribution in [0.5, 0.6) is 0 Å². The molecule has 1 aliphatic heterocycles. The largest absolute Gasteiger partial charge is 0.467 e. The van der Waals surface area contributed by atoms with Crippen molar-refractivity contribution in [2.75, 3.05) is 7.11 Å². The van der Waals surface area contributed by atoms with E-state index in [1.165, 1.54) is 6.92 Å². The molecule has 0 spiro atoms. The second-order valence-electron chi connectivity index (χ2n) is 3.31. The highest BCUT2D eigenvalue weighted by Gasteiger charge is 2.45. The Labute approximate surface area is 81.1 Å². The van der Waals surface area contributed by atoms with E-state index in [1.54, 1.807) is 0 Å². The number of carbonyl (C=O) groups is 1. The standard InChI is InChI=1S/C8H14O6/c1-3-4(9)6(8(12)13-2)14-7(11)5(3)10/h3-7,9-11H,1-2H3. The van der Waals surface area contributed by atoms with Crippen molar-refractivity contribution in [3.63, 3.8) is 0 Å². The Hall–Kier alpha value is -0.690. The molecular weight excluding hydrogens is 192 g/mol. The van der Waals surface area contributed by atoms with Crippen molar-refractivity contribution in [2.24, 2.45) is 5.92 Å². The van der Waals surface area contributed by atoms with E-state index >= 15 is 0 Å². The zero-order chi connectivity index (χ0) is 10.9. The molecule has 0 aromatic heterocycles. The topological polar surface area (TPSA) is 96.2 Å². The number of aliphatic hydroxyl groups is 3. The first-order chi connectivity index (χ1) is 6.49. The van der Waals surface area contributed by atoms with Gasteiger partial charge in [-0.3, -0.25) is 0 Å². The van der Waals surface area contributed by atoms with Crippen LogP contribution < -0.4 is 0 Å². The fraction of sp³-hybridized carbons (Fsp3) is 0.875. The van der Waals surface area contributed by atoms with Crippen molar-refractivity contribution in [2.45, 2.75) is 31.5 Å². The van der Waals surface area contributed by atoms with Crippen LogP contribution >= 0.6 is 0 Å². The molecule has 1 aliphatic rings. The number of hydrogen-bond donors (Lipinski definition) is 3. The third-order valence-electron chi connectivity index (χ3n) is 2.40. The molecule has 5 atom stereocenters. The third-order valence-corrected chi connectivity index (χ3v) is 2.40. The molecule has 1 fully saturated rings. The molecule has 14 heavy (non-hydrogen) atoms. The minimum atomic E-state index is -1.47. The molecule has 3 N–H and O–H groups in total. The van der Waals surface area contributed by atoms with Crippen molar-refractivity contribution in [3.8, 4) is 0 Å². The molecule has 0 amide bonds. The van der Waals surface area contributed by atoms with Gasteiger partial charge in [0.1, 0.15) is 6.10 Å². The highest BCUT2D eigenvalue weighted by Crippen LogP contribution is 2.25. The maximum absolute atomic E-state index is 11.1. The number of carbonyl (C=O) groups excluding carboxylic acids is 1. The number of rotatable bonds is 1. The van der Waals surface area contributed by atoms with Crippen LogP contribution in [0.1, 0.15) is 6.92 Å². The average molecular weight is 206 g/mol. The van der Waals surface area contributed by atoms with Crippen LogP contribution in [0.3, 0.4) is 0 Å². The fourth-order valence-corrected chi connectivity index (χ4v) is 1.36. The minimum Gasteiger partial charge on any atom is -0.467 e. The number of hydrogen-bond acceptors (Lipinski definition) is 6. The Morgan fingerprint density at radius 3 is 2.36 bits per heavy atom. The van der Waals surface area contributed by atoms with Gasteiger partial charge in [0.25, 0.3) is 0 Å². The second kappa shape index (κ2) is 4.22. The van der Waals surface area contributed by atoms with E-state index in [1.807, 2.05) is 0 Å². The van der Waals surface area contributed by atoms with Crippen molar-refractivity contribution in [1.82, 2.24) is 0 Å². The van der Waals surface area contributed by atoms with Gasteiger partial charge in [0.05, 0.1) is 13.2 Å². The maximum atomic E-state index is 11.1. The lowest BCUT2D eigenvalue weighted by molar-refractivity contribution is -0.265. The summed E-state index contributed by atoms with van der Waals surface area (Å²) in [5.41, 5.74) is 0. The van der Waals surface area contributed by atoms with Gasteiger partial charge in [0.2, 0.25) is 0 Å². The van der Waals surface area contributed by atoms with Gasteiger partial charge in [-0.15, -0.1) is 0 Å². The summed E-state index contributed by atoms with van der Waals surface area (Å²) in [4.78, 5) is 11.1. The summed E-state index contributed by atoms with van der Waals surface area (Å²) >= 11 is 0. The molecule has 6 nitrogen and oxygen atoms in total. The maximum Gasteiger partial charge on any atom is 0.337 e. The first-order valence-corrected chi connectivity index (χ1v) is 4.26. The first-order valence-electron chi connectivity index (χ1n) is 4.26. The molecule has 0 aliphatic carbocycles. The molecule has 0 aromatic carbocycles. The lowest BCUT2D eigenvalue weighted by Gasteiger charge is -2.37. The van der Waals surface area contributed by atoms with Gasteiger partial charge in [-0.25, -0.2) is 4.79 Å². The van der Waals surface area contributed by atoms with Crippen LogP contribution in [-0.4, -0.2) is 53.0 Å². The van der Waals surface area contributed by atoms with Crippen molar-refractivity contribution >= 4 is 5.97 Å². The second-order valence-corrected chi connectivity index (χ2v) is 3.31. The van der Waals surface area contributed by atoms with Gasteiger partial charge in [0, 0.05) is 5.92 Å². The minimum absolute atomic E-state index is 0.650. The summed E-state index contributed by atoms with van der Waals surface area (Å²) in [5.74, 6) is -1.42. The molecule has 0 aromatic rings. The predicted octanol–water partition coefficient (Wildman–Crippen LogP) is -1.77. The van der Waals surface area contributed by atoms with Crippen LogP contribution in [0.15, 0.2) is 0 Å². The quantitative estimate of drug-likeness (QED) is 0.440. The van der Waals surface area contributed by atoms with Crippen LogP contribution in [-0.2, 0) is 14.3 Å². The average Bonchev–Trinajstić information content (AvgIpc) is 2.19. The molecule has 0 radical (unpaired) electrons. The van der Waals surface area contributed by atoms with Gasteiger partial charge in [-0.2, -0.15) is 0 Å². The van der Waals surface area contributed by atoms with E-state index in [-0.39, 0.29) is 0 Å². The van der Waals surface area contributed by atoms with Crippen LogP contribution in [0.4, 0.5) is 0 Å². The Morgan fingerprint density at radius 1 is 1.29 bits per heavy atom. The van der Waals surface area contributed by atoms with Gasteiger partial charge >= 0.3 is 5.97 Å². The summed E-state index contributed by atoms with van der Waals surface area (Å²) < 4.78 is 9.09. The number of methoxy groups -OCH3 is 1. The van der Waals surface area contributed by atoms with E-state index in [9.17, 15) is 20.1 Å². The summed E-state index contributed by atoms with van der Waals surface area (Å²) in [5, 5.41) is 28.0. The van der Waals surface area contributed by atoms with E-state index < -0.39 is 36.5 Å². The first kappa shape index (κ1) is 11.4. The van der Waals surface area contributed by atoms with Crippen molar-refractivity contribution < 1.29 is 29.6 Å².